The van der Waals surface area contributed by atoms with Gasteiger partial charge in [0, 0.05) is 5.41 Å². The molecule has 3 aromatic rings. The van der Waals surface area contributed by atoms with Crippen molar-refractivity contribution in [3.63, 3.8) is 0 Å². The summed E-state index contributed by atoms with van der Waals surface area (Å²) in [7, 11) is 0. The van der Waals surface area contributed by atoms with Gasteiger partial charge in [-0.1, -0.05) is 26.8 Å². The van der Waals surface area contributed by atoms with Crippen LogP contribution < -0.4 is 0 Å². The Balaban J connectivity index is 2.10. The Hall–Kier alpha value is -3.68. The Bertz CT molecular complexity index is 1160. The average Bonchev–Trinajstić information content (AvgIpc) is 2.99. The molecular weight excluding hydrogens is 384 g/mol. The van der Waals surface area contributed by atoms with Crippen molar-refractivity contribution in [2.24, 2.45) is 10.2 Å². The lowest BCUT2D eigenvalue weighted by Crippen LogP contribution is -2.13. The lowest BCUT2D eigenvalue weighted by molar-refractivity contribution is 0.0696. The van der Waals surface area contributed by atoms with Crippen molar-refractivity contribution < 1.29 is 20.1 Å². The summed E-state index contributed by atoms with van der Waals surface area (Å²) in [6, 6.07) is 9.50. The fraction of sp³-hybridized carbons (Fsp3) is 0.273. The number of phenols is 1. The van der Waals surface area contributed by atoms with E-state index in [2.05, 4.69) is 15.3 Å². The maximum absolute atomic E-state index is 11.0. The third-order valence-electron chi connectivity index (χ3n) is 4.76. The molecule has 1 aromatic heterocycles. The van der Waals surface area contributed by atoms with Crippen LogP contribution in [-0.4, -0.2) is 31.1 Å². The van der Waals surface area contributed by atoms with Gasteiger partial charge in [-0.05, 0) is 55.3 Å². The van der Waals surface area contributed by atoms with Gasteiger partial charge in [0.25, 0.3) is 0 Å². The zero-order valence-electron chi connectivity index (χ0n) is 17.5. The fourth-order valence-corrected chi connectivity index (χ4v) is 2.88. The van der Waals surface area contributed by atoms with Crippen LogP contribution >= 0.6 is 0 Å². The highest BCUT2D eigenvalue weighted by molar-refractivity contribution is 5.88. The van der Waals surface area contributed by atoms with Gasteiger partial charge in [-0.15, -0.1) is 10.2 Å². The number of azo groups is 1. The van der Waals surface area contributed by atoms with Gasteiger partial charge in [-0.3, -0.25) is 0 Å². The summed E-state index contributed by atoms with van der Waals surface area (Å²) in [5.74, 6) is -1.65. The molecule has 0 unspecified atom stereocenters. The summed E-state index contributed by atoms with van der Waals surface area (Å²) in [5.41, 5.74) is 3.17. The van der Waals surface area contributed by atoms with Crippen LogP contribution in [0.5, 0.6) is 11.6 Å². The zero-order valence-corrected chi connectivity index (χ0v) is 17.5. The van der Waals surface area contributed by atoms with Crippen molar-refractivity contribution >= 4 is 17.3 Å². The first-order valence-electron chi connectivity index (χ1n) is 9.37. The maximum Gasteiger partial charge on any atom is 0.335 e. The number of hydrogen-bond acceptors (Lipinski definition) is 6. The highest BCUT2D eigenvalue weighted by Crippen LogP contribution is 2.41. The molecule has 0 fully saturated rings. The lowest BCUT2D eigenvalue weighted by atomic mass is 9.91. The van der Waals surface area contributed by atoms with Crippen LogP contribution in [0.25, 0.3) is 5.69 Å². The molecular formula is C22H24N4O4. The third kappa shape index (κ3) is 4.03. The highest BCUT2D eigenvalue weighted by Gasteiger charge is 2.28. The first-order chi connectivity index (χ1) is 14.0. The molecule has 0 spiro atoms. The van der Waals surface area contributed by atoms with Crippen molar-refractivity contribution in [3.8, 4) is 17.3 Å². The number of aromatic hydroxyl groups is 2. The quantitative estimate of drug-likeness (QED) is 0.505. The van der Waals surface area contributed by atoms with Crippen LogP contribution in [-0.2, 0) is 5.41 Å². The van der Waals surface area contributed by atoms with E-state index in [-0.39, 0.29) is 28.6 Å². The first kappa shape index (κ1) is 21.0. The van der Waals surface area contributed by atoms with E-state index >= 15 is 0 Å². The van der Waals surface area contributed by atoms with Crippen LogP contribution in [0.2, 0.25) is 0 Å². The van der Waals surface area contributed by atoms with Crippen molar-refractivity contribution in [2.75, 3.05) is 0 Å². The fourth-order valence-electron chi connectivity index (χ4n) is 2.88. The molecule has 8 heteroatoms. The van der Waals surface area contributed by atoms with E-state index < -0.39 is 11.4 Å². The maximum atomic E-state index is 11.0. The summed E-state index contributed by atoms with van der Waals surface area (Å²) in [5, 5.41) is 42.7. The van der Waals surface area contributed by atoms with E-state index in [1.165, 1.54) is 16.8 Å². The van der Waals surface area contributed by atoms with E-state index in [0.29, 0.717) is 11.4 Å². The van der Waals surface area contributed by atoms with Gasteiger partial charge in [0.1, 0.15) is 11.4 Å². The predicted molar refractivity (Wildman–Crippen MR) is 113 cm³/mol. The number of aryl methyl sites for hydroxylation is 2. The van der Waals surface area contributed by atoms with Gasteiger partial charge < -0.3 is 15.3 Å². The van der Waals surface area contributed by atoms with E-state index in [1.54, 1.807) is 0 Å². The minimum Gasteiger partial charge on any atom is -0.506 e. The van der Waals surface area contributed by atoms with Gasteiger partial charge in [0.05, 0.1) is 16.9 Å². The second kappa shape index (κ2) is 7.62. The van der Waals surface area contributed by atoms with Crippen LogP contribution in [0.3, 0.4) is 0 Å². The molecule has 0 amide bonds. The number of benzene rings is 2. The van der Waals surface area contributed by atoms with Crippen molar-refractivity contribution in [1.82, 2.24) is 9.78 Å². The SMILES string of the molecule is Cc1ccc(-n2nc(C(C)(C)C)c(/N=N/c3ccc(C(=O)O)cc3O)c2O)cc1C. The van der Waals surface area contributed by atoms with Gasteiger partial charge in [-0.2, -0.15) is 9.78 Å². The average molecular weight is 408 g/mol. The molecule has 0 aliphatic carbocycles. The van der Waals surface area contributed by atoms with Gasteiger partial charge in [0.2, 0.25) is 5.88 Å². The number of aromatic carboxylic acids is 1. The van der Waals surface area contributed by atoms with Crippen molar-refractivity contribution in [1.29, 1.82) is 0 Å². The van der Waals surface area contributed by atoms with Gasteiger partial charge >= 0.3 is 5.97 Å². The Labute approximate surface area is 174 Å². The van der Waals surface area contributed by atoms with Gasteiger partial charge in [0.15, 0.2) is 5.69 Å². The topological polar surface area (TPSA) is 120 Å². The van der Waals surface area contributed by atoms with Crippen LogP contribution in [0.4, 0.5) is 11.4 Å². The van der Waals surface area contributed by atoms with Gasteiger partial charge in [-0.25, -0.2) is 4.79 Å². The Morgan fingerprint density at radius 1 is 1.00 bits per heavy atom. The molecule has 30 heavy (non-hydrogen) atoms. The second-order valence-corrected chi connectivity index (χ2v) is 8.16. The summed E-state index contributed by atoms with van der Waals surface area (Å²) in [6.45, 7) is 9.81. The number of phenolic OH excluding ortho intramolecular Hbond substituents is 1. The number of carbonyl (C=O) groups is 1. The number of carboxylic acid groups (broad SMARTS) is 1. The lowest BCUT2D eigenvalue weighted by Gasteiger charge is -2.15. The van der Waals surface area contributed by atoms with Crippen molar-refractivity contribution in [3.05, 3.63) is 58.8 Å². The zero-order chi connectivity index (χ0) is 22.2. The summed E-state index contributed by atoms with van der Waals surface area (Å²) in [6.07, 6.45) is 0. The Morgan fingerprint density at radius 3 is 2.27 bits per heavy atom. The van der Waals surface area contributed by atoms with Crippen LogP contribution in [0.15, 0.2) is 46.6 Å². The minimum absolute atomic E-state index is 0.0627. The summed E-state index contributed by atoms with van der Waals surface area (Å²) in [4.78, 5) is 11.0. The number of rotatable bonds is 4. The second-order valence-electron chi connectivity index (χ2n) is 8.16. The summed E-state index contributed by atoms with van der Waals surface area (Å²) >= 11 is 0. The number of nitrogens with zero attached hydrogens (tertiary/aromatic N) is 4. The van der Waals surface area contributed by atoms with E-state index in [1.807, 2.05) is 52.8 Å². The standard InChI is InChI=1S/C22H24N4O4/c1-12-6-8-15(10-13(12)2)26-20(28)18(19(25-26)22(3,4)5)24-23-16-9-7-14(21(29)30)11-17(16)27/h6-11,27-28H,1-5H3,(H,29,30)/b24-23+. The Kier molecular flexibility index (Phi) is 5.35. The number of aromatic nitrogens is 2. The third-order valence-corrected chi connectivity index (χ3v) is 4.76. The van der Waals surface area contributed by atoms with E-state index in [9.17, 15) is 15.0 Å². The summed E-state index contributed by atoms with van der Waals surface area (Å²) < 4.78 is 1.41. The molecule has 0 aliphatic rings. The van der Waals surface area contributed by atoms with E-state index in [4.69, 9.17) is 5.11 Å². The molecule has 3 N–H and O–H groups in total. The molecule has 0 saturated heterocycles. The normalized spacial score (nSPS) is 11.9. The monoisotopic (exact) mass is 408 g/mol. The van der Waals surface area contributed by atoms with Crippen LogP contribution in [0, 0.1) is 13.8 Å². The molecule has 0 bridgehead atoms. The molecule has 0 atom stereocenters. The molecule has 1 heterocycles. The molecule has 156 valence electrons. The van der Waals surface area contributed by atoms with Crippen LogP contribution in [0.1, 0.15) is 48.0 Å². The molecule has 0 saturated carbocycles. The predicted octanol–water partition coefficient (Wildman–Crippen LogP) is 5.31. The van der Waals surface area contributed by atoms with Crippen molar-refractivity contribution in [2.45, 2.75) is 40.0 Å². The minimum atomic E-state index is -1.16. The smallest absolute Gasteiger partial charge is 0.335 e. The molecule has 3 rings (SSSR count). The molecule has 2 aromatic carbocycles. The molecule has 0 radical (unpaired) electrons. The molecule has 8 nitrogen and oxygen atoms in total. The highest BCUT2D eigenvalue weighted by atomic mass is 16.4. The Morgan fingerprint density at radius 2 is 1.70 bits per heavy atom. The number of hydrogen-bond donors (Lipinski definition) is 3. The first-order valence-corrected chi connectivity index (χ1v) is 9.37. The van der Waals surface area contributed by atoms with E-state index in [0.717, 1.165) is 17.2 Å². The number of carboxylic acids is 1. The largest absolute Gasteiger partial charge is 0.506 e. The molecule has 0 aliphatic heterocycles.